The molecule has 2 heterocycles. The van der Waals surface area contributed by atoms with Crippen LogP contribution in [0.1, 0.15) is 12.8 Å². The third kappa shape index (κ3) is 2.75. The molecule has 0 bridgehead atoms. The number of sulfonamides is 1. The van der Waals surface area contributed by atoms with Crippen molar-refractivity contribution in [2.45, 2.75) is 17.7 Å². The van der Waals surface area contributed by atoms with E-state index in [2.05, 4.69) is 15.0 Å². The van der Waals surface area contributed by atoms with E-state index in [1.54, 1.807) is 18.2 Å². The summed E-state index contributed by atoms with van der Waals surface area (Å²) < 4.78 is 28.1. The van der Waals surface area contributed by atoms with Gasteiger partial charge in [0, 0.05) is 5.92 Å². The van der Waals surface area contributed by atoms with Crippen LogP contribution in [0.15, 0.2) is 33.6 Å². The molecule has 0 aromatic heterocycles. The Labute approximate surface area is 119 Å². The fraction of sp³-hybridized carbons (Fsp3) is 0.417. The van der Waals surface area contributed by atoms with E-state index in [0.29, 0.717) is 11.5 Å². The topological polar surface area (TPSA) is 70.6 Å². The zero-order valence-corrected chi connectivity index (χ0v) is 11.9. The van der Waals surface area contributed by atoms with Gasteiger partial charge in [-0.25, -0.2) is 0 Å². The summed E-state index contributed by atoms with van der Waals surface area (Å²) in [7, 11) is -3.54. The molecule has 0 unspecified atom stereocenters. The minimum Gasteiger partial charge on any atom is -0.342 e. The number of fused-ring (bicyclic) bond motifs is 1. The quantitative estimate of drug-likeness (QED) is 0.827. The molecule has 0 atom stereocenters. The van der Waals surface area contributed by atoms with Crippen molar-refractivity contribution in [1.82, 2.24) is 5.32 Å². The van der Waals surface area contributed by atoms with Crippen molar-refractivity contribution in [2.24, 2.45) is 10.3 Å². The Bertz CT molecular complexity index is 595. The molecule has 2 aliphatic rings. The molecule has 0 saturated carbocycles. The van der Waals surface area contributed by atoms with Crippen LogP contribution in [0.5, 0.6) is 0 Å². The van der Waals surface area contributed by atoms with Crippen LogP contribution >= 0.6 is 12.4 Å². The lowest BCUT2D eigenvalue weighted by Gasteiger charge is -2.27. The van der Waals surface area contributed by atoms with E-state index in [0.717, 1.165) is 25.9 Å². The maximum Gasteiger partial charge on any atom is 0.286 e. The fourth-order valence-electron chi connectivity index (χ4n) is 2.41. The van der Waals surface area contributed by atoms with Crippen molar-refractivity contribution in [3.8, 4) is 0 Å². The first kappa shape index (κ1) is 14.3. The first-order chi connectivity index (χ1) is 8.67. The van der Waals surface area contributed by atoms with Crippen LogP contribution in [-0.2, 0) is 10.0 Å². The van der Waals surface area contributed by atoms with Gasteiger partial charge in [0.05, 0.1) is 5.69 Å². The van der Waals surface area contributed by atoms with Gasteiger partial charge in [0.25, 0.3) is 10.0 Å². The van der Waals surface area contributed by atoms with Crippen LogP contribution in [0, 0.1) is 5.92 Å². The highest BCUT2D eigenvalue weighted by atomic mass is 35.5. The number of amidine groups is 1. The Hall–Kier alpha value is -1.11. The van der Waals surface area contributed by atoms with Gasteiger partial charge in [0.1, 0.15) is 10.7 Å². The second-order valence-electron chi connectivity index (χ2n) is 4.60. The molecule has 3 rings (SSSR count). The first-order valence-electron chi connectivity index (χ1n) is 6.08. The van der Waals surface area contributed by atoms with Crippen LogP contribution in [0.4, 0.5) is 5.69 Å². The molecule has 0 spiro atoms. The summed E-state index contributed by atoms with van der Waals surface area (Å²) in [6.07, 6.45) is 1.84. The number of benzene rings is 1. The van der Waals surface area contributed by atoms with E-state index < -0.39 is 10.0 Å². The third-order valence-electron chi connectivity index (χ3n) is 3.37. The average Bonchev–Trinajstić information content (AvgIpc) is 2.39. The summed E-state index contributed by atoms with van der Waals surface area (Å²) >= 11 is 0. The number of para-hydroxylation sites is 1. The predicted octanol–water partition coefficient (Wildman–Crippen LogP) is 1.62. The SMILES string of the molecule is Cl.O=S1(=O)N=C(C2CCNCC2)Nc2ccccc21. The molecule has 104 valence electrons. The Kier molecular flexibility index (Phi) is 4.13. The normalized spacial score (nSPS) is 21.6. The van der Waals surface area contributed by atoms with Gasteiger partial charge in [0.2, 0.25) is 0 Å². The maximum absolute atomic E-state index is 12.1. The number of hydrogen-bond acceptors (Lipinski definition) is 4. The second-order valence-corrected chi connectivity index (χ2v) is 6.17. The van der Waals surface area contributed by atoms with Crippen LogP contribution in [0.3, 0.4) is 0 Å². The molecule has 2 N–H and O–H groups in total. The zero-order chi connectivity index (χ0) is 12.6. The lowest BCUT2D eigenvalue weighted by molar-refractivity contribution is 0.456. The van der Waals surface area contributed by atoms with Crippen LogP contribution in [-0.4, -0.2) is 27.3 Å². The predicted molar refractivity (Wildman–Crippen MR) is 77.5 cm³/mol. The molecule has 2 aliphatic heterocycles. The lowest BCUT2D eigenvalue weighted by atomic mass is 9.96. The Morgan fingerprint density at radius 3 is 2.58 bits per heavy atom. The molecule has 1 fully saturated rings. The van der Waals surface area contributed by atoms with Gasteiger partial charge < -0.3 is 10.6 Å². The third-order valence-corrected chi connectivity index (χ3v) is 4.72. The van der Waals surface area contributed by atoms with Gasteiger partial charge >= 0.3 is 0 Å². The summed E-state index contributed by atoms with van der Waals surface area (Å²) in [4.78, 5) is 0.266. The van der Waals surface area contributed by atoms with Crippen molar-refractivity contribution in [2.75, 3.05) is 18.4 Å². The number of hydrogen-bond donors (Lipinski definition) is 2. The summed E-state index contributed by atoms with van der Waals surface area (Å²) in [6.45, 7) is 1.82. The number of rotatable bonds is 1. The monoisotopic (exact) mass is 301 g/mol. The van der Waals surface area contributed by atoms with Gasteiger partial charge in [0.15, 0.2) is 0 Å². The van der Waals surface area contributed by atoms with Crippen molar-refractivity contribution in [1.29, 1.82) is 0 Å². The van der Waals surface area contributed by atoms with E-state index >= 15 is 0 Å². The molecule has 19 heavy (non-hydrogen) atoms. The summed E-state index contributed by atoms with van der Waals surface area (Å²) in [5.74, 6) is 0.796. The van der Waals surface area contributed by atoms with E-state index in [9.17, 15) is 8.42 Å². The summed E-state index contributed by atoms with van der Waals surface area (Å²) in [6, 6.07) is 6.90. The Morgan fingerprint density at radius 2 is 1.84 bits per heavy atom. The zero-order valence-electron chi connectivity index (χ0n) is 10.3. The van der Waals surface area contributed by atoms with Crippen LogP contribution < -0.4 is 10.6 Å². The molecule has 7 heteroatoms. The minimum absolute atomic E-state index is 0. The molecule has 5 nitrogen and oxygen atoms in total. The van der Waals surface area contributed by atoms with E-state index in [1.165, 1.54) is 0 Å². The van der Waals surface area contributed by atoms with Gasteiger partial charge in [-0.15, -0.1) is 16.8 Å². The standard InChI is InChI=1S/C12H15N3O2S.ClH/c16-18(17)11-4-2-1-3-10(11)14-12(15-18)9-5-7-13-8-6-9;/h1-4,9,13H,5-8H2,(H,14,15);1H. The number of anilines is 1. The molecular weight excluding hydrogens is 286 g/mol. The first-order valence-corrected chi connectivity index (χ1v) is 7.52. The van der Waals surface area contributed by atoms with Crippen molar-refractivity contribution < 1.29 is 8.42 Å². The van der Waals surface area contributed by atoms with Gasteiger partial charge in [-0.1, -0.05) is 12.1 Å². The smallest absolute Gasteiger partial charge is 0.286 e. The fourth-order valence-corrected chi connectivity index (χ4v) is 3.61. The number of nitrogens with zero attached hydrogens (tertiary/aromatic N) is 1. The second kappa shape index (κ2) is 5.48. The van der Waals surface area contributed by atoms with E-state index in [4.69, 9.17) is 0 Å². The number of halogens is 1. The van der Waals surface area contributed by atoms with Crippen molar-refractivity contribution in [3.05, 3.63) is 24.3 Å². The summed E-state index contributed by atoms with van der Waals surface area (Å²) in [5.41, 5.74) is 0.640. The lowest BCUT2D eigenvalue weighted by Crippen LogP contribution is -2.36. The molecule has 1 aromatic rings. The molecule has 1 aromatic carbocycles. The van der Waals surface area contributed by atoms with Gasteiger partial charge in [-0.3, -0.25) is 0 Å². The van der Waals surface area contributed by atoms with Crippen LogP contribution in [0.25, 0.3) is 0 Å². The highest BCUT2D eigenvalue weighted by Gasteiger charge is 2.29. The molecule has 0 radical (unpaired) electrons. The largest absolute Gasteiger partial charge is 0.342 e. The molecule has 1 saturated heterocycles. The minimum atomic E-state index is -3.54. The van der Waals surface area contributed by atoms with Gasteiger partial charge in [-0.2, -0.15) is 8.42 Å². The molecular formula is C12H16ClN3O2S. The van der Waals surface area contributed by atoms with Crippen molar-refractivity contribution >= 4 is 34.0 Å². The van der Waals surface area contributed by atoms with E-state index in [1.807, 2.05) is 6.07 Å². The molecule has 0 aliphatic carbocycles. The Morgan fingerprint density at radius 1 is 1.16 bits per heavy atom. The number of nitrogens with one attached hydrogen (secondary N) is 2. The van der Waals surface area contributed by atoms with E-state index in [-0.39, 0.29) is 23.2 Å². The highest BCUT2D eigenvalue weighted by Crippen LogP contribution is 2.29. The maximum atomic E-state index is 12.1. The molecule has 0 amide bonds. The Balaban J connectivity index is 0.00000133. The number of piperidine rings is 1. The summed E-state index contributed by atoms with van der Waals surface area (Å²) in [5, 5.41) is 6.43. The average molecular weight is 302 g/mol. The van der Waals surface area contributed by atoms with Crippen molar-refractivity contribution in [3.63, 3.8) is 0 Å². The van der Waals surface area contributed by atoms with Crippen LogP contribution in [0.2, 0.25) is 0 Å². The highest BCUT2D eigenvalue weighted by molar-refractivity contribution is 7.90. The van der Waals surface area contributed by atoms with Gasteiger partial charge in [-0.05, 0) is 38.1 Å².